The summed E-state index contributed by atoms with van der Waals surface area (Å²) in [7, 11) is 0. The van der Waals surface area contributed by atoms with E-state index < -0.39 is 0 Å². The molecule has 2 heterocycles. The summed E-state index contributed by atoms with van der Waals surface area (Å²) in [6.45, 7) is 0.836. The molecule has 0 radical (unpaired) electrons. The predicted molar refractivity (Wildman–Crippen MR) is 54.0 cm³/mol. The van der Waals surface area contributed by atoms with Crippen LogP contribution in [-0.2, 0) is 4.79 Å². The number of carbonyl (C=O) groups is 1. The smallest absolute Gasteiger partial charge is 0.220 e. The van der Waals surface area contributed by atoms with Crippen LogP contribution >= 0.6 is 11.3 Å². The number of amides is 1. The molecule has 1 saturated heterocycles. The molecule has 70 valence electrons. The zero-order chi connectivity index (χ0) is 9.10. The van der Waals surface area contributed by atoms with E-state index in [-0.39, 0.29) is 5.91 Å². The van der Waals surface area contributed by atoms with Gasteiger partial charge in [0.2, 0.25) is 5.91 Å². The Morgan fingerprint density at radius 3 is 3.23 bits per heavy atom. The number of hydrogen-bond acceptors (Lipinski definition) is 3. The Kier molecular flexibility index (Phi) is 2.49. The molecular weight excluding hydrogens is 184 g/mol. The zero-order valence-electron chi connectivity index (χ0n) is 7.25. The summed E-state index contributed by atoms with van der Waals surface area (Å²) in [4.78, 5) is 10.9. The fourth-order valence-electron chi connectivity index (χ4n) is 1.44. The Morgan fingerprint density at radius 1 is 1.69 bits per heavy atom. The van der Waals surface area contributed by atoms with Crippen molar-refractivity contribution in [3.8, 4) is 0 Å². The van der Waals surface area contributed by atoms with Crippen molar-refractivity contribution in [3.05, 3.63) is 16.8 Å². The molecule has 1 aliphatic heterocycles. The lowest BCUT2D eigenvalue weighted by Gasteiger charge is -2.10. The van der Waals surface area contributed by atoms with E-state index in [1.165, 1.54) is 0 Å². The third-order valence-corrected chi connectivity index (χ3v) is 2.84. The lowest BCUT2D eigenvalue weighted by atomic mass is 10.2. The van der Waals surface area contributed by atoms with Gasteiger partial charge >= 0.3 is 0 Å². The number of nitrogens with one attached hydrogen (secondary N) is 2. The second-order valence-electron chi connectivity index (χ2n) is 3.20. The van der Waals surface area contributed by atoms with E-state index in [1.54, 1.807) is 11.3 Å². The Hall–Kier alpha value is -1.03. The van der Waals surface area contributed by atoms with Crippen LogP contribution in [0.15, 0.2) is 16.8 Å². The van der Waals surface area contributed by atoms with Crippen molar-refractivity contribution in [1.29, 1.82) is 0 Å². The van der Waals surface area contributed by atoms with Crippen molar-refractivity contribution >= 4 is 22.9 Å². The average molecular weight is 196 g/mol. The molecule has 0 aromatic carbocycles. The van der Waals surface area contributed by atoms with Crippen molar-refractivity contribution in [2.75, 3.05) is 11.9 Å². The number of carbonyl (C=O) groups excluding carboxylic acids is 1. The van der Waals surface area contributed by atoms with Crippen molar-refractivity contribution in [3.63, 3.8) is 0 Å². The van der Waals surface area contributed by atoms with E-state index in [2.05, 4.69) is 16.0 Å². The van der Waals surface area contributed by atoms with Crippen LogP contribution in [-0.4, -0.2) is 18.5 Å². The van der Waals surface area contributed by atoms with E-state index in [1.807, 2.05) is 11.4 Å². The summed E-state index contributed by atoms with van der Waals surface area (Å²) in [5.74, 6) is 0.178. The molecule has 1 aromatic rings. The van der Waals surface area contributed by atoms with Crippen LogP contribution in [0, 0.1) is 0 Å². The molecule has 1 amide bonds. The van der Waals surface area contributed by atoms with Crippen LogP contribution in [0.4, 0.5) is 5.69 Å². The van der Waals surface area contributed by atoms with E-state index in [0.29, 0.717) is 12.5 Å². The maximum Gasteiger partial charge on any atom is 0.220 e. The molecule has 0 aliphatic carbocycles. The van der Waals surface area contributed by atoms with Crippen LogP contribution in [0.3, 0.4) is 0 Å². The van der Waals surface area contributed by atoms with Crippen molar-refractivity contribution in [2.45, 2.75) is 18.9 Å². The summed E-state index contributed by atoms with van der Waals surface area (Å²) in [5.41, 5.74) is 1.14. The van der Waals surface area contributed by atoms with Gasteiger partial charge in [0.15, 0.2) is 0 Å². The standard InChI is InChI=1S/C9H12N2OS/c12-9-2-1-7(11-9)5-10-8-3-4-13-6-8/h3-4,6-7,10H,1-2,5H2,(H,11,12). The van der Waals surface area contributed by atoms with Gasteiger partial charge in [0.25, 0.3) is 0 Å². The van der Waals surface area contributed by atoms with E-state index in [0.717, 1.165) is 18.7 Å². The lowest BCUT2D eigenvalue weighted by molar-refractivity contribution is -0.119. The summed E-state index contributed by atoms with van der Waals surface area (Å²) in [6.07, 6.45) is 1.63. The first-order valence-electron chi connectivity index (χ1n) is 4.40. The molecular formula is C9H12N2OS. The monoisotopic (exact) mass is 196 g/mol. The van der Waals surface area contributed by atoms with Gasteiger partial charge in [-0.15, -0.1) is 0 Å². The summed E-state index contributed by atoms with van der Waals surface area (Å²) < 4.78 is 0. The lowest BCUT2D eigenvalue weighted by Crippen LogP contribution is -2.31. The van der Waals surface area contributed by atoms with Crippen molar-refractivity contribution in [2.24, 2.45) is 0 Å². The molecule has 0 spiro atoms. The number of hydrogen-bond donors (Lipinski definition) is 2. The molecule has 13 heavy (non-hydrogen) atoms. The first kappa shape index (κ1) is 8.56. The highest BCUT2D eigenvalue weighted by atomic mass is 32.1. The molecule has 1 atom stereocenters. The molecule has 0 saturated carbocycles. The summed E-state index contributed by atoms with van der Waals surface area (Å²) in [5, 5.41) is 10.3. The third kappa shape index (κ3) is 2.21. The highest BCUT2D eigenvalue weighted by Crippen LogP contribution is 2.13. The maximum absolute atomic E-state index is 10.9. The van der Waals surface area contributed by atoms with Gasteiger partial charge in [-0.2, -0.15) is 11.3 Å². The maximum atomic E-state index is 10.9. The molecule has 1 aliphatic rings. The van der Waals surface area contributed by atoms with Crippen molar-refractivity contribution in [1.82, 2.24) is 5.32 Å². The average Bonchev–Trinajstić information content (AvgIpc) is 2.71. The summed E-state index contributed by atoms with van der Waals surface area (Å²) in [6, 6.07) is 2.36. The van der Waals surface area contributed by atoms with Crippen LogP contribution in [0.1, 0.15) is 12.8 Å². The minimum atomic E-state index is 0.178. The first-order chi connectivity index (χ1) is 6.34. The van der Waals surface area contributed by atoms with Gasteiger partial charge < -0.3 is 10.6 Å². The second kappa shape index (κ2) is 3.79. The van der Waals surface area contributed by atoms with Gasteiger partial charge in [-0.1, -0.05) is 0 Å². The van der Waals surface area contributed by atoms with Crippen LogP contribution < -0.4 is 10.6 Å². The van der Waals surface area contributed by atoms with Gasteiger partial charge in [0, 0.05) is 30.1 Å². The summed E-state index contributed by atoms with van der Waals surface area (Å²) >= 11 is 1.67. The Bertz CT molecular complexity index is 284. The fourth-order valence-corrected chi connectivity index (χ4v) is 2.05. The SMILES string of the molecule is O=C1CCC(CNc2ccsc2)N1. The highest BCUT2D eigenvalue weighted by molar-refractivity contribution is 7.08. The zero-order valence-corrected chi connectivity index (χ0v) is 8.06. The van der Waals surface area contributed by atoms with Gasteiger partial charge in [0.1, 0.15) is 0 Å². The molecule has 1 fully saturated rings. The Balaban J connectivity index is 1.77. The molecule has 3 nitrogen and oxygen atoms in total. The Labute approximate surface area is 81.2 Å². The van der Waals surface area contributed by atoms with Crippen molar-refractivity contribution < 1.29 is 4.79 Å². The molecule has 4 heteroatoms. The quantitative estimate of drug-likeness (QED) is 0.768. The molecule has 2 N–H and O–H groups in total. The largest absolute Gasteiger partial charge is 0.382 e. The van der Waals surface area contributed by atoms with Gasteiger partial charge in [0.05, 0.1) is 0 Å². The normalized spacial score (nSPS) is 21.5. The molecule has 1 unspecified atom stereocenters. The second-order valence-corrected chi connectivity index (χ2v) is 3.98. The highest BCUT2D eigenvalue weighted by Gasteiger charge is 2.19. The van der Waals surface area contributed by atoms with Crippen LogP contribution in [0.25, 0.3) is 0 Å². The van der Waals surface area contributed by atoms with E-state index in [9.17, 15) is 4.79 Å². The Morgan fingerprint density at radius 2 is 2.62 bits per heavy atom. The number of thiophene rings is 1. The third-order valence-electron chi connectivity index (χ3n) is 2.16. The minimum absolute atomic E-state index is 0.178. The first-order valence-corrected chi connectivity index (χ1v) is 5.34. The molecule has 2 rings (SSSR count). The van der Waals surface area contributed by atoms with Gasteiger partial charge in [-0.25, -0.2) is 0 Å². The number of rotatable bonds is 3. The molecule has 0 bridgehead atoms. The van der Waals surface area contributed by atoms with Crippen LogP contribution in [0.2, 0.25) is 0 Å². The molecule has 1 aromatic heterocycles. The number of anilines is 1. The van der Waals surface area contributed by atoms with Gasteiger partial charge in [-0.3, -0.25) is 4.79 Å². The van der Waals surface area contributed by atoms with Gasteiger partial charge in [-0.05, 0) is 17.9 Å². The predicted octanol–water partition coefficient (Wildman–Crippen LogP) is 1.44. The topological polar surface area (TPSA) is 41.1 Å². The van der Waals surface area contributed by atoms with E-state index in [4.69, 9.17) is 0 Å². The minimum Gasteiger partial charge on any atom is -0.382 e. The fraction of sp³-hybridized carbons (Fsp3) is 0.444. The van der Waals surface area contributed by atoms with E-state index >= 15 is 0 Å². The van der Waals surface area contributed by atoms with Crippen LogP contribution in [0.5, 0.6) is 0 Å².